The minimum Gasteiger partial charge on any atom is -0.328 e. The highest BCUT2D eigenvalue weighted by atomic mass is 35.5. The molecular formula is C10H13ClFN. The lowest BCUT2D eigenvalue weighted by molar-refractivity contribution is 0.481. The average molecular weight is 202 g/mol. The Labute approximate surface area is 82.7 Å². The number of alkyl halides is 1. The maximum atomic E-state index is 12.6. The lowest BCUT2D eigenvalue weighted by Crippen LogP contribution is -2.18. The fourth-order valence-electron chi connectivity index (χ4n) is 1.29. The zero-order valence-electron chi connectivity index (χ0n) is 7.56. The zero-order chi connectivity index (χ0) is 9.84. The summed E-state index contributed by atoms with van der Waals surface area (Å²) in [6.07, 6.45) is 0.666. The Kier molecular flexibility index (Phi) is 3.70. The van der Waals surface area contributed by atoms with Crippen molar-refractivity contribution in [2.75, 3.05) is 0 Å². The molecule has 1 rings (SSSR count). The van der Waals surface area contributed by atoms with E-state index in [4.69, 9.17) is 17.3 Å². The maximum absolute atomic E-state index is 12.6. The van der Waals surface area contributed by atoms with Gasteiger partial charge < -0.3 is 5.73 Å². The molecule has 0 fully saturated rings. The van der Waals surface area contributed by atoms with Gasteiger partial charge in [-0.25, -0.2) is 4.39 Å². The average Bonchev–Trinajstić information content (AvgIpc) is 2.03. The van der Waals surface area contributed by atoms with Gasteiger partial charge in [-0.3, -0.25) is 0 Å². The summed E-state index contributed by atoms with van der Waals surface area (Å²) in [6.45, 7) is 1.37. The second kappa shape index (κ2) is 4.58. The van der Waals surface area contributed by atoms with Gasteiger partial charge in [-0.2, -0.15) is 0 Å². The Hall–Kier alpha value is -0.600. The van der Waals surface area contributed by atoms with Crippen LogP contribution in [0.2, 0.25) is 5.02 Å². The summed E-state index contributed by atoms with van der Waals surface area (Å²) >= 11 is 5.83. The number of benzene rings is 1. The molecule has 0 amide bonds. The van der Waals surface area contributed by atoms with Gasteiger partial charge in [0.1, 0.15) is 6.67 Å². The Bertz CT molecular complexity index is 286. The molecule has 1 nitrogen and oxygen atoms in total. The predicted octanol–water partition coefficient (Wildman–Crippen LogP) is 2.70. The first kappa shape index (κ1) is 10.5. The number of hydrogen-bond acceptors (Lipinski definition) is 1. The van der Waals surface area contributed by atoms with E-state index in [1.807, 2.05) is 19.1 Å². The first-order chi connectivity index (χ1) is 6.15. The van der Waals surface area contributed by atoms with Crippen molar-refractivity contribution in [3.05, 3.63) is 34.3 Å². The third kappa shape index (κ3) is 2.68. The van der Waals surface area contributed by atoms with Crippen molar-refractivity contribution in [3.8, 4) is 0 Å². The topological polar surface area (TPSA) is 26.0 Å². The van der Waals surface area contributed by atoms with Gasteiger partial charge in [0, 0.05) is 16.6 Å². The first-order valence-corrected chi connectivity index (χ1v) is 4.60. The van der Waals surface area contributed by atoms with Crippen molar-refractivity contribution >= 4 is 11.6 Å². The Morgan fingerprint density at radius 1 is 1.54 bits per heavy atom. The van der Waals surface area contributed by atoms with Crippen LogP contribution >= 0.6 is 11.6 Å². The van der Waals surface area contributed by atoms with Crippen molar-refractivity contribution < 1.29 is 4.39 Å². The molecule has 1 aromatic rings. The molecule has 0 aromatic heterocycles. The molecule has 0 saturated heterocycles. The number of halogens is 2. The third-order valence-corrected chi connectivity index (χ3v) is 2.25. The molecule has 2 N–H and O–H groups in total. The van der Waals surface area contributed by atoms with E-state index in [1.165, 1.54) is 0 Å². The smallest absolute Gasteiger partial charge is 0.116 e. The van der Waals surface area contributed by atoms with Gasteiger partial charge in [0.15, 0.2) is 0 Å². The molecule has 72 valence electrons. The number of nitrogens with two attached hydrogens (primary N) is 1. The molecule has 0 radical (unpaired) electrons. The minimum absolute atomic E-state index is 0.0313. The summed E-state index contributed by atoms with van der Waals surface area (Å²) in [6, 6.07) is 5.41. The molecule has 0 aliphatic carbocycles. The van der Waals surface area contributed by atoms with Crippen LogP contribution in [-0.2, 0) is 13.1 Å². The van der Waals surface area contributed by atoms with Crippen molar-refractivity contribution in [3.63, 3.8) is 0 Å². The molecule has 0 spiro atoms. The van der Waals surface area contributed by atoms with E-state index < -0.39 is 6.67 Å². The molecule has 0 aliphatic heterocycles. The van der Waals surface area contributed by atoms with Crippen LogP contribution in [0.15, 0.2) is 18.2 Å². The molecule has 0 heterocycles. The third-order valence-electron chi connectivity index (χ3n) is 1.89. The normalized spacial score (nSPS) is 12.9. The van der Waals surface area contributed by atoms with Gasteiger partial charge in [-0.05, 0) is 25.0 Å². The lowest BCUT2D eigenvalue weighted by atomic mass is 10.0. The van der Waals surface area contributed by atoms with E-state index in [9.17, 15) is 4.39 Å². The predicted molar refractivity (Wildman–Crippen MR) is 53.6 cm³/mol. The van der Waals surface area contributed by atoms with E-state index in [0.29, 0.717) is 17.0 Å². The molecule has 0 saturated carbocycles. The van der Waals surface area contributed by atoms with Gasteiger partial charge in [0.25, 0.3) is 0 Å². The number of hydrogen-bond donors (Lipinski definition) is 1. The summed E-state index contributed by atoms with van der Waals surface area (Å²) in [5.41, 5.74) is 7.11. The maximum Gasteiger partial charge on any atom is 0.116 e. The van der Waals surface area contributed by atoms with Crippen molar-refractivity contribution in [1.82, 2.24) is 0 Å². The lowest BCUT2D eigenvalue weighted by Gasteiger charge is -2.10. The van der Waals surface area contributed by atoms with Crippen molar-refractivity contribution in [2.45, 2.75) is 26.1 Å². The van der Waals surface area contributed by atoms with Crippen molar-refractivity contribution in [1.29, 1.82) is 0 Å². The van der Waals surface area contributed by atoms with Gasteiger partial charge in [0.2, 0.25) is 0 Å². The van der Waals surface area contributed by atoms with Gasteiger partial charge in [-0.15, -0.1) is 0 Å². The fourth-order valence-corrected chi connectivity index (χ4v) is 1.54. The van der Waals surface area contributed by atoms with E-state index in [0.717, 1.165) is 5.56 Å². The molecular weight excluding hydrogens is 189 g/mol. The molecule has 0 aliphatic rings. The van der Waals surface area contributed by atoms with Crippen LogP contribution in [0.5, 0.6) is 0 Å². The summed E-state index contributed by atoms with van der Waals surface area (Å²) < 4.78 is 12.6. The Morgan fingerprint density at radius 2 is 2.23 bits per heavy atom. The second-order valence-electron chi connectivity index (χ2n) is 3.19. The Balaban J connectivity index is 2.98. The molecule has 1 unspecified atom stereocenters. The molecule has 1 aromatic carbocycles. The largest absolute Gasteiger partial charge is 0.328 e. The van der Waals surface area contributed by atoms with Crippen LogP contribution in [0.4, 0.5) is 4.39 Å². The summed E-state index contributed by atoms with van der Waals surface area (Å²) in [7, 11) is 0. The summed E-state index contributed by atoms with van der Waals surface area (Å²) in [5, 5.41) is 0.487. The van der Waals surface area contributed by atoms with Gasteiger partial charge >= 0.3 is 0 Å². The highest BCUT2D eigenvalue weighted by molar-refractivity contribution is 6.31. The highest BCUT2D eigenvalue weighted by Crippen LogP contribution is 2.21. The Morgan fingerprint density at radius 3 is 2.77 bits per heavy atom. The standard InChI is InChI=1S/C10H13ClFN/c1-7(13)5-8-3-2-4-10(11)9(8)6-12/h2-4,7H,5-6,13H2,1H3. The SMILES string of the molecule is CC(N)Cc1cccc(Cl)c1CF. The van der Waals surface area contributed by atoms with Gasteiger partial charge in [0.05, 0.1) is 0 Å². The molecule has 3 heteroatoms. The van der Waals surface area contributed by atoms with Gasteiger partial charge in [-0.1, -0.05) is 23.7 Å². The highest BCUT2D eigenvalue weighted by Gasteiger charge is 2.07. The molecule has 1 atom stereocenters. The van der Waals surface area contributed by atoms with E-state index >= 15 is 0 Å². The zero-order valence-corrected chi connectivity index (χ0v) is 8.31. The van der Waals surface area contributed by atoms with Crippen LogP contribution in [0.3, 0.4) is 0 Å². The minimum atomic E-state index is -0.526. The first-order valence-electron chi connectivity index (χ1n) is 4.23. The number of rotatable bonds is 3. The molecule has 0 bridgehead atoms. The van der Waals surface area contributed by atoms with Crippen LogP contribution in [-0.4, -0.2) is 6.04 Å². The van der Waals surface area contributed by atoms with Crippen LogP contribution in [0.25, 0.3) is 0 Å². The summed E-state index contributed by atoms with van der Waals surface area (Å²) in [5.74, 6) is 0. The van der Waals surface area contributed by atoms with Crippen LogP contribution in [0, 0.1) is 0 Å². The second-order valence-corrected chi connectivity index (χ2v) is 3.60. The van der Waals surface area contributed by atoms with E-state index in [2.05, 4.69) is 0 Å². The van der Waals surface area contributed by atoms with E-state index in [-0.39, 0.29) is 6.04 Å². The monoisotopic (exact) mass is 201 g/mol. The summed E-state index contributed by atoms with van der Waals surface area (Å²) in [4.78, 5) is 0. The van der Waals surface area contributed by atoms with Crippen LogP contribution in [0.1, 0.15) is 18.1 Å². The van der Waals surface area contributed by atoms with Crippen molar-refractivity contribution in [2.24, 2.45) is 5.73 Å². The van der Waals surface area contributed by atoms with E-state index in [1.54, 1.807) is 6.07 Å². The fraction of sp³-hybridized carbons (Fsp3) is 0.400. The quantitative estimate of drug-likeness (QED) is 0.800. The molecule has 13 heavy (non-hydrogen) atoms. The van der Waals surface area contributed by atoms with Crippen LogP contribution < -0.4 is 5.73 Å².